The molecule has 0 aliphatic carbocycles. The molecule has 3 aromatic rings. The number of rotatable bonds is 4. The third-order valence-corrected chi connectivity index (χ3v) is 5.28. The zero-order chi connectivity index (χ0) is 18.1. The summed E-state index contributed by atoms with van der Waals surface area (Å²) in [5, 5.41) is 1.03. The van der Waals surface area contributed by atoms with Crippen molar-refractivity contribution in [1.29, 1.82) is 0 Å². The second-order valence-electron chi connectivity index (χ2n) is 5.92. The first-order chi connectivity index (χ1) is 12.0. The molecule has 0 aliphatic heterocycles. The summed E-state index contributed by atoms with van der Waals surface area (Å²) in [6.07, 6.45) is 0.960. The molecule has 7 heteroatoms. The van der Waals surface area contributed by atoms with Crippen LogP contribution in [-0.4, -0.2) is 24.9 Å². The number of aromatic nitrogens is 4. The number of nitrogens with zero attached hydrogens (tertiary/aromatic N) is 4. The van der Waals surface area contributed by atoms with Crippen molar-refractivity contribution >= 4 is 22.8 Å². The largest absolute Gasteiger partial charge is 0.332 e. The highest BCUT2D eigenvalue weighted by molar-refractivity contribution is 7.99. The van der Waals surface area contributed by atoms with Gasteiger partial charge in [0.1, 0.15) is 10.4 Å². The quantitative estimate of drug-likeness (QED) is 0.531. The van der Waals surface area contributed by atoms with Crippen molar-refractivity contribution in [2.75, 3.05) is 5.75 Å². The monoisotopic (exact) mass is 356 g/mol. The molecule has 0 radical (unpaired) electrons. The van der Waals surface area contributed by atoms with E-state index in [4.69, 9.17) is 0 Å². The van der Waals surface area contributed by atoms with Crippen LogP contribution in [0.5, 0.6) is 0 Å². The van der Waals surface area contributed by atoms with E-state index in [-0.39, 0.29) is 5.56 Å². The van der Waals surface area contributed by atoms with E-state index in [1.165, 1.54) is 23.4 Å². The highest BCUT2D eigenvalue weighted by Crippen LogP contribution is 2.27. The number of thioether (sulfide) groups is 1. The van der Waals surface area contributed by atoms with Crippen LogP contribution in [0.25, 0.3) is 22.4 Å². The van der Waals surface area contributed by atoms with Gasteiger partial charge in [-0.2, -0.15) is 0 Å². The molecule has 3 rings (SSSR count). The lowest BCUT2D eigenvalue weighted by atomic mass is 10.1. The number of fused-ring (bicyclic) bond motifs is 1. The van der Waals surface area contributed by atoms with E-state index in [1.54, 1.807) is 7.05 Å². The summed E-state index contributed by atoms with van der Waals surface area (Å²) in [6.45, 7) is 4.07. The van der Waals surface area contributed by atoms with E-state index >= 15 is 0 Å². The maximum Gasteiger partial charge on any atom is 0.332 e. The van der Waals surface area contributed by atoms with Gasteiger partial charge >= 0.3 is 5.69 Å². The lowest BCUT2D eigenvalue weighted by Crippen LogP contribution is -2.37. The van der Waals surface area contributed by atoms with E-state index in [9.17, 15) is 9.59 Å². The molecule has 130 valence electrons. The molecule has 2 heterocycles. The standard InChI is InChI=1S/C18H20N4O2S/c1-5-10-25-16-13-15(21(3)18(24)22(4)17(13)23)19-14(20-16)12-9-7-6-8-11(12)2/h6-9H,5,10H2,1-4H3. The fraction of sp³-hybridized carbons (Fsp3) is 0.333. The maximum absolute atomic E-state index is 12.7. The van der Waals surface area contributed by atoms with Crippen molar-refractivity contribution in [2.45, 2.75) is 25.3 Å². The Hall–Kier alpha value is -2.41. The van der Waals surface area contributed by atoms with Gasteiger partial charge in [0.05, 0.1) is 0 Å². The van der Waals surface area contributed by atoms with Gasteiger partial charge in [0, 0.05) is 19.7 Å². The van der Waals surface area contributed by atoms with Gasteiger partial charge in [-0.25, -0.2) is 14.8 Å². The Balaban J connectivity index is 2.42. The average Bonchev–Trinajstić information content (AvgIpc) is 2.62. The predicted octanol–water partition coefficient (Wildman–Crippen LogP) is 2.50. The highest BCUT2D eigenvalue weighted by atomic mass is 32.2. The molecule has 0 bridgehead atoms. The van der Waals surface area contributed by atoms with Crippen molar-refractivity contribution in [1.82, 2.24) is 19.1 Å². The van der Waals surface area contributed by atoms with Gasteiger partial charge in [-0.05, 0) is 24.7 Å². The summed E-state index contributed by atoms with van der Waals surface area (Å²) in [7, 11) is 3.11. The van der Waals surface area contributed by atoms with Crippen molar-refractivity contribution in [3.63, 3.8) is 0 Å². The number of aryl methyl sites for hydroxylation is 2. The zero-order valence-corrected chi connectivity index (χ0v) is 15.6. The Bertz CT molecular complexity index is 1070. The molecule has 0 atom stereocenters. The first-order valence-corrected chi connectivity index (χ1v) is 9.10. The molecule has 1 aromatic carbocycles. The molecule has 0 fully saturated rings. The minimum atomic E-state index is -0.390. The van der Waals surface area contributed by atoms with Gasteiger partial charge < -0.3 is 0 Å². The molecule has 0 saturated carbocycles. The zero-order valence-electron chi connectivity index (χ0n) is 14.7. The summed E-state index contributed by atoms with van der Waals surface area (Å²) < 4.78 is 2.52. The van der Waals surface area contributed by atoms with Gasteiger partial charge in [-0.3, -0.25) is 13.9 Å². The van der Waals surface area contributed by atoms with Gasteiger partial charge in [-0.1, -0.05) is 31.2 Å². The molecule has 0 spiro atoms. The summed E-state index contributed by atoms with van der Waals surface area (Å²) in [5.74, 6) is 1.37. The van der Waals surface area contributed by atoms with Crippen LogP contribution in [0, 0.1) is 6.92 Å². The topological polar surface area (TPSA) is 69.8 Å². The van der Waals surface area contributed by atoms with Crippen molar-refractivity contribution in [3.05, 3.63) is 50.7 Å². The predicted molar refractivity (Wildman–Crippen MR) is 101 cm³/mol. The second kappa shape index (κ2) is 6.84. The Morgan fingerprint density at radius 2 is 1.80 bits per heavy atom. The summed E-state index contributed by atoms with van der Waals surface area (Å²) in [6, 6.07) is 7.82. The Labute approximate surface area is 149 Å². The number of hydrogen-bond acceptors (Lipinski definition) is 5. The Kier molecular flexibility index (Phi) is 4.76. The van der Waals surface area contributed by atoms with Crippen LogP contribution < -0.4 is 11.2 Å². The van der Waals surface area contributed by atoms with Crippen LogP contribution in [-0.2, 0) is 14.1 Å². The van der Waals surface area contributed by atoms with Gasteiger partial charge in [-0.15, -0.1) is 11.8 Å². The van der Waals surface area contributed by atoms with Crippen molar-refractivity contribution in [3.8, 4) is 11.4 Å². The third-order valence-electron chi connectivity index (χ3n) is 4.10. The van der Waals surface area contributed by atoms with Crippen LogP contribution in [0.15, 0.2) is 38.9 Å². The molecular formula is C18H20N4O2S. The van der Waals surface area contributed by atoms with Crippen LogP contribution in [0.2, 0.25) is 0 Å². The van der Waals surface area contributed by atoms with Crippen LogP contribution in [0.1, 0.15) is 18.9 Å². The van der Waals surface area contributed by atoms with Gasteiger partial charge in [0.25, 0.3) is 5.56 Å². The van der Waals surface area contributed by atoms with E-state index in [0.29, 0.717) is 21.9 Å². The lowest BCUT2D eigenvalue weighted by Gasteiger charge is -2.12. The molecule has 25 heavy (non-hydrogen) atoms. The van der Waals surface area contributed by atoms with Crippen LogP contribution in [0.3, 0.4) is 0 Å². The molecule has 0 saturated heterocycles. The number of hydrogen-bond donors (Lipinski definition) is 0. The van der Waals surface area contributed by atoms with E-state index < -0.39 is 5.69 Å². The van der Waals surface area contributed by atoms with Crippen molar-refractivity contribution < 1.29 is 0 Å². The first-order valence-electron chi connectivity index (χ1n) is 8.12. The molecule has 6 nitrogen and oxygen atoms in total. The van der Waals surface area contributed by atoms with Gasteiger partial charge in [0.2, 0.25) is 0 Å². The molecular weight excluding hydrogens is 336 g/mol. The summed E-state index contributed by atoms with van der Waals surface area (Å²) in [5.41, 5.74) is 1.57. The Morgan fingerprint density at radius 3 is 2.48 bits per heavy atom. The summed E-state index contributed by atoms with van der Waals surface area (Å²) in [4.78, 5) is 34.2. The molecule has 0 N–H and O–H groups in total. The first kappa shape index (κ1) is 17.4. The van der Waals surface area contributed by atoms with Crippen molar-refractivity contribution in [2.24, 2.45) is 14.1 Å². The number of benzene rings is 1. The SMILES string of the molecule is CCCSc1nc(-c2ccccc2C)nc2c1c(=O)n(C)c(=O)n2C. The van der Waals surface area contributed by atoms with Crippen LogP contribution in [0.4, 0.5) is 0 Å². The van der Waals surface area contributed by atoms with Crippen LogP contribution >= 0.6 is 11.8 Å². The summed E-state index contributed by atoms with van der Waals surface area (Å²) >= 11 is 1.52. The molecule has 2 aromatic heterocycles. The fourth-order valence-corrected chi connectivity index (χ4v) is 3.55. The molecule has 0 amide bonds. The normalized spacial score (nSPS) is 11.2. The highest BCUT2D eigenvalue weighted by Gasteiger charge is 2.18. The van der Waals surface area contributed by atoms with E-state index in [0.717, 1.165) is 27.9 Å². The average molecular weight is 356 g/mol. The van der Waals surface area contributed by atoms with E-state index in [1.807, 2.05) is 31.2 Å². The van der Waals surface area contributed by atoms with E-state index in [2.05, 4.69) is 16.9 Å². The minimum Gasteiger partial charge on any atom is -0.280 e. The van der Waals surface area contributed by atoms with Gasteiger partial charge in [0.15, 0.2) is 11.5 Å². The molecule has 0 aliphatic rings. The maximum atomic E-state index is 12.7. The minimum absolute atomic E-state index is 0.354. The smallest absolute Gasteiger partial charge is 0.280 e. The second-order valence-corrected chi connectivity index (χ2v) is 7.00. The molecule has 0 unspecified atom stereocenters. The fourth-order valence-electron chi connectivity index (χ4n) is 2.68. The Morgan fingerprint density at radius 1 is 1.08 bits per heavy atom. The third kappa shape index (κ3) is 3.00. The lowest BCUT2D eigenvalue weighted by molar-refractivity contribution is 0.703.